The van der Waals surface area contributed by atoms with E-state index >= 15 is 0 Å². The van der Waals surface area contributed by atoms with Crippen molar-refractivity contribution in [2.45, 2.75) is 52.5 Å². The predicted molar refractivity (Wildman–Crippen MR) is 150 cm³/mol. The van der Waals surface area contributed by atoms with Crippen LogP contribution in [0.15, 0.2) is 42.0 Å². The summed E-state index contributed by atoms with van der Waals surface area (Å²) in [6, 6.07) is 5.59. The normalized spacial score (nSPS) is 16.3. The molecule has 0 radical (unpaired) electrons. The largest absolute Gasteiger partial charge is 0.394 e. The summed E-state index contributed by atoms with van der Waals surface area (Å²) in [4.78, 5) is 36.0. The van der Waals surface area contributed by atoms with Crippen LogP contribution in [0.5, 0.6) is 0 Å². The van der Waals surface area contributed by atoms with E-state index in [1.165, 1.54) is 0 Å². The molecule has 0 N–H and O–H groups in total. The lowest BCUT2D eigenvalue weighted by Crippen LogP contribution is -2.52. The molecule has 214 valence electrons. The Morgan fingerprint density at radius 3 is 2.61 bits per heavy atom. The Bertz CT molecular complexity index is 1700. The van der Waals surface area contributed by atoms with Crippen LogP contribution in [0, 0.1) is 12.8 Å². The van der Waals surface area contributed by atoms with Gasteiger partial charge in [0, 0.05) is 45.1 Å². The van der Waals surface area contributed by atoms with Crippen molar-refractivity contribution in [1.29, 1.82) is 0 Å². The number of pyridine rings is 2. The summed E-state index contributed by atoms with van der Waals surface area (Å²) in [5.41, 5.74) is 4.02. The van der Waals surface area contributed by atoms with Crippen LogP contribution in [0.1, 0.15) is 48.2 Å². The van der Waals surface area contributed by atoms with Crippen LogP contribution in [0.2, 0.25) is 0 Å². The summed E-state index contributed by atoms with van der Waals surface area (Å²) < 4.78 is 42.8. The highest BCUT2D eigenvalue weighted by molar-refractivity contribution is 5.88. The number of hydrogen-bond acceptors (Lipinski definition) is 7. The van der Waals surface area contributed by atoms with Crippen LogP contribution in [-0.2, 0) is 19.6 Å². The number of alkyl halides is 3. The van der Waals surface area contributed by atoms with Gasteiger partial charge < -0.3 is 9.47 Å². The average Bonchev–Trinajstić information content (AvgIpc) is 3.26. The fraction of sp³-hybridized carbons (Fsp3) is 0.414. The van der Waals surface area contributed by atoms with E-state index in [-0.39, 0.29) is 19.0 Å². The van der Waals surface area contributed by atoms with Gasteiger partial charge in [-0.15, -0.1) is 0 Å². The van der Waals surface area contributed by atoms with E-state index in [2.05, 4.69) is 26.1 Å². The summed E-state index contributed by atoms with van der Waals surface area (Å²) in [7, 11) is 0. The van der Waals surface area contributed by atoms with Crippen molar-refractivity contribution in [3.8, 4) is 5.69 Å². The molecule has 0 bridgehead atoms. The second kappa shape index (κ2) is 10.1. The third-order valence-corrected chi connectivity index (χ3v) is 7.95. The Kier molecular flexibility index (Phi) is 6.68. The van der Waals surface area contributed by atoms with E-state index in [1.807, 2.05) is 43.9 Å². The maximum Gasteiger partial charge on any atom is 0.394 e. The number of hydrogen-bond donors (Lipinski definition) is 0. The quantitative estimate of drug-likeness (QED) is 0.342. The minimum absolute atomic E-state index is 0.0366. The molecule has 0 atom stereocenters. The number of aryl methyl sites for hydroxylation is 1. The first kappa shape index (κ1) is 27.1. The van der Waals surface area contributed by atoms with Gasteiger partial charge in [-0.25, -0.2) is 19.3 Å². The molecule has 0 saturated carbocycles. The number of imidazole rings is 1. The van der Waals surface area contributed by atoms with E-state index in [0.717, 1.165) is 22.3 Å². The zero-order valence-corrected chi connectivity index (χ0v) is 23.2. The third kappa shape index (κ3) is 4.69. The smallest absolute Gasteiger partial charge is 0.348 e. The Hall–Kier alpha value is -4.06. The van der Waals surface area contributed by atoms with Gasteiger partial charge in [0.25, 0.3) is 0 Å². The Morgan fingerprint density at radius 2 is 1.90 bits per heavy atom. The van der Waals surface area contributed by atoms with E-state index in [0.29, 0.717) is 54.8 Å². The van der Waals surface area contributed by atoms with Crippen LogP contribution in [0.3, 0.4) is 0 Å². The molecule has 0 aromatic carbocycles. The van der Waals surface area contributed by atoms with Gasteiger partial charge in [-0.2, -0.15) is 18.2 Å². The topological polar surface area (TPSA) is 85.0 Å². The zero-order valence-electron chi connectivity index (χ0n) is 23.2. The SMILES string of the molecule is C=Cc1nc(CN2CC(C(F)(F)F)C2)c2n1CCN(c1nc(=O)n(-c3c(C)ccnc3C(C)C)c3ncccc13)C2. The molecule has 1 saturated heterocycles. The molecule has 4 aromatic heterocycles. The Labute approximate surface area is 235 Å². The number of aromatic nitrogens is 6. The Morgan fingerprint density at radius 1 is 1.12 bits per heavy atom. The van der Waals surface area contributed by atoms with Crippen LogP contribution < -0.4 is 10.6 Å². The molecule has 2 aliphatic rings. The predicted octanol–water partition coefficient (Wildman–Crippen LogP) is 4.46. The average molecular weight is 565 g/mol. The molecule has 0 unspecified atom stereocenters. The monoisotopic (exact) mass is 564 g/mol. The van der Waals surface area contributed by atoms with Crippen molar-refractivity contribution in [3.05, 3.63) is 76.1 Å². The molecule has 41 heavy (non-hydrogen) atoms. The maximum absolute atomic E-state index is 13.7. The first-order valence-corrected chi connectivity index (χ1v) is 13.6. The molecule has 9 nitrogen and oxygen atoms in total. The van der Waals surface area contributed by atoms with E-state index < -0.39 is 17.8 Å². The molecule has 12 heteroatoms. The first-order valence-electron chi connectivity index (χ1n) is 13.6. The van der Waals surface area contributed by atoms with Crippen LogP contribution in [0.25, 0.3) is 22.8 Å². The zero-order chi connectivity index (χ0) is 29.1. The summed E-state index contributed by atoms with van der Waals surface area (Å²) in [6.45, 7) is 11.7. The number of likely N-dealkylation sites (tertiary alicyclic amines) is 1. The second-order valence-electron chi connectivity index (χ2n) is 11.0. The van der Waals surface area contributed by atoms with Crippen molar-refractivity contribution < 1.29 is 13.2 Å². The van der Waals surface area contributed by atoms with Gasteiger partial charge >= 0.3 is 11.9 Å². The molecular weight excluding hydrogens is 533 g/mol. The van der Waals surface area contributed by atoms with Crippen LogP contribution >= 0.6 is 0 Å². The number of halogens is 3. The van der Waals surface area contributed by atoms with E-state index in [4.69, 9.17) is 4.98 Å². The third-order valence-electron chi connectivity index (χ3n) is 7.95. The van der Waals surface area contributed by atoms with Crippen molar-refractivity contribution in [2.24, 2.45) is 5.92 Å². The molecule has 4 aromatic rings. The van der Waals surface area contributed by atoms with Gasteiger partial charge in [-0.1, -0.05) is 20.4 Å². The number of anilines is 1. The van der Waals surface area contributed by atoms with Gasteiger partial charge in [0.1, 0.15) is 11.6 Å². The maximum atomic E-state index is 13.7. The van der Waals surface area contributed by atoms with Crippen molar-refractivity contribution in [2.75, 3.05) is 24.5 Å². The standard InChI is InChI=1S/C29H31F3N8O/c1-5-23-35-21(15-37-13-19(14-37)29(30,31)32)22-16-38(11-12-39(22)23)27-20-7-6-9-34-26(20)40(28(41)36-27)25-18(4)8-10-33-24(25)17(2)3/h5-10,17,19H,1,11-16H2,2-4H3. The number of nitrogens with zero attached hydrogens (tertiary/aromatic N) is 8. The summed E-state index contributed by atoms with van der Waals surface area (Å²) in [5.74, 6) is -0.0224. The number of rotatable bonds is 6. The lowest BCUT2D eigenvalue weighted by atomic mass is 9.99. The summed E-state index contributed by atoms with van der Waals surface area (Å²) in [6.07, 6.45) is 0.882. The lowest BCUT2D eigenvalue weighted by Gasteiger charge is -2.40. The van der Waals surface area contributed by atoms with Gasteiger partial charge in [-0.3, -0.25) is 9.88 Å². The molecule has 2 aliphatic heterocycles. The lowest BCUT2D eigenvalue weighted by molar-refractivity contribution is -0.210. The fourth-order valence-corrected chi connectivity index (χ4v) is 5.81. The van der Waals surface area contributed by atoms with Gasteiger partial charge in [0.2, 0.25) is 0 Å². The van der Waals surface area contributed by atoms with Gasteiger partial charge in [0.15, 0.2) is 5.65 Å². The molecule has 0 amide bonds. The van der Waals surface area contributed by atoms with Gasteiger partial charge in [-0.05, 0) is 42.7 Å². The fourth-order valence-electron chi connectivity index (χ4n) is 5.81. The highest BCUT2D eigenvalue weighted by Crippen LogP contribution is 2.35. The number of fused-ring (bicyclic) bond motifs is 2. The van der Waals surface area contributed by atoms with Gasteiger partial charge in [0.05, 0.1) is 40.6 Å². The van der Waals surface area contributed by atoms with Crippen molar-refractivity contribution in [1.82, 2.24) is 34.0 Å². The van der Waals surface area contributed by atoms with Crippen LogP contribution in [0.4, 0.5) is 19.0 Å². The second-order valence-corrected chi connectivity index (χ2v) is 11.0. The van der Waals surface area contributed by atoms with Crippen LogP contribution in [-0.4, -0.2) is 59.8 Å². The Balaban J connectivity index is 1.39. The first-order chi connectivity index (χ1) is 19.6. The minimum atomic E-state index is -4.18. The molecule has 0 aliphatic carbocycles. The summed E-state index contributed by atoms with van der Waals surface area (Å²) in [5, 5.41) is 0.722. The summed E-state index contributed by atoms with van der Waals surface area (Å²) >= 11 is 0. The molecule has 1 fully saturated rings. The van der Waals surface area contributed by atoms with Crippen molar-refractivity contribution in [3.63, 3.8) is 0 Å². The van der Waals surface area contributed by atoms with E-state index in [1.54, 1.807) is 27.9 Å². The van der Waals surface area contributed by atoms with E-state index in [9.17, 15) is 18.0 Å². The molecule has 6 rings (SSSR count). The molecular formula is C29H31F3N8O. The molecule has 6 heterocycles. The molecule has 0 spiro atoms. The highest BCUT2D eigenvalue weighted by atomic mass is 19.4. The highest BCUT2D eigenvalue weighted by Gasteiger charge is 2.47. The van der Waals surface area contributed by atoms with Crippen molar-refractivity contribution >= 4 is 22.9 Å². The minimum Gasteiger partial charge on any atom is -0.348 e.